The van der Waals surface area contributed by atoms with E-state index in [1.807, 2.05) is 30.3 Å². The van der Waals surface area contributed by atoms with Crippen molar-refractivity contribution in [3.05, 3.63) is 59.3 Å². The van der Waals surface area contributed by atoms with Gasteiger partial charge in [0.15, 0.2) is 11.5 Å². The molecule has 3 heterocycles. The van der Waals surface area contributed by atoms with Crippen LogP contribution >= 0.6 is 0 Å². The van der Waals surface area contributed by atoms with E-state index < -0.39 is 0 Å². The summed E-state index contributed by atoms with van der Waals surface area (Å²) in [5, 5.41) is 4.82. The number of ether oxygens (including phenoxy) is 3. The van der Waals surface area contributed by atoms with Crippen LogP contribution in [0.15, 0.2) is 42.5 Å². The number of H-pyrrole nitrogens is 1. The van der Waals surface area contributed by atoms with Crippen LogP contribution in [0.3, 0.4) is 0 Å². The fraction of sp³-hybridized carbons (Fsp3) is 0.286. The summed E-state index contributed by atoms with van der Waals surface area (Å²) in [5.41, 5.74) is 4.56. The predicted molar refractivity (Wildman–Crippen MR) is 100.0 cm³/mol. The van der Waals surface area contributed by atoms with Crippen LogP contribution in [0.1, 0.15) is 29.3 Å². The summed E-state index contributed by atoms with van der Waals surface area (Å²) in [6, 6.07) is 14.2. The monoisotopic (exact) mass is 364 g/mol. The predicted octanol–water partition coefficient (Wildman–Crippen LogP) is 3.06. The van der Waals surface area contributed by atoms with Gasteiger partial charge in [0.1, 0.15) is 0 Å². The minimum absolute atomic E-state index is 0.000390. The number of methoxy groups -OCH3 is 1. The van der Waals surface area contributed by atoms with Gasteiger partial charge in [0.25, 0.3) is 0 Å². The van der Waals surface area contributed by atoms with Crippen LogP contribution < -0.4 is 14.8 Å². The van der Waals surface area contributed by atoms with E-state index in [4.69, 9.17) is 14.2 Å². The van der Waals surface area contributed by atoms with Crippen LogP contribution in [0.2, 0.25) is 0 Å². The second kappa shape index (κ2) is 6.32. The Labute approximate surface area is 156 Å². The Kier molecular flexibility index (Phi) is 3.79. The number of hydrogen-bond acceptors (Lipinski definition) is 5. The standard InChI is InChI=1S/C21H20N2O4/c1-25-19(24)10-13-9-15-14-4-2-3-5-16(14)23-21(15)20(22-13)12-6-7-17-18(8-12)27-11-26-17/h2-8,13,20,22-23H,9-11H2,1H3/t13-,20-/m1/s1. The van der Waals surface area contributed by atoms with Gasteiger partial charge >= 0.3 is 5.97 Å². The zero-order chi connectivity index (χ0) is 18.4. The van der Waals surface area contributed by atoms with Gasteiger partial charge in [-0.05, 0) is 35.7 Å². The van der Waals surface area contributed by atoms with Crippen LogP contribution in [0.25, 0.3) is 10.9 Å². The minimum Gasteiger partial charge on any atom is -0.469 e. The summed E-state index contributed by atoms with van der Waals surface area (Å²) in [6.07, 6.45) is 1.10. The van der Waals surface area contributed by atoms with E-state index in [1.165, 1.54) is 18.1 Å². The number of benzene rings is 2. The Morgan fingerprint density at radius 2 is 2.04 bits per heavy atom. The summed E-state index contributed by atoms with van der Waals surface area (Å²) < 4.78 is 15.9. The van der Waals surface area contributed by atoms with Crippen molar-refractivity contribution >= 4 is 16.9 Å². The number of nitrogens with one attached hydrogen (secondary N) is 2. The second-order valence-electron chi connectivity index (χ2n) is 6.96. The van der Waals surface area contributed by atoms with Gasteiger partial charge in [-0.2, -0.15) is 0 Å². The Balaban J connectivity index is 1.60. The van der Waals surface area contributed by atoms with Crippen LogP contribution in [-0.2, 0) is 16.0 Å². The van der Waals surface area contributed by atoms with Gasteiger partial charge in [-0.25, -0.2) is 0 Å². The van der Waals surface area contributed by atoms with Gasteiger partial charge in [0, 0.05) is 22.6 Å². The molecule has 2 aromatic carbocycles. The highest BCUT2D eigenvalue weighted by Crippen LogP contribution is 2.39. The van der Waals surface area contributed by atoms with E-state index in [0.29, 0.717) is 6.42 Å². The molecule has 0 fully saturated rings. The number of fused-ring (bicyclic) bond motifs is 4. The molecule has 3 aromatic rings. The lowest BCUT2D eigenvalue weighted by Crippen LogP contribution is -2.41. The highest BCUT2D eigenvalue weighted by Gasteiger charge is 2.32. The number of aromatic nitrogens is 1. The smallest absolute Gasteiger partial charge is 0.307 e. The summed E-state index contributed by atoms with van der Waals surface area (Å²) >= 11 is 0. The van der Waals surface area contributed by atoms with E-state index >= 15 is 0 Å². The third-order valence-electron chi connectivity index (χ3n) is 5.36. The molecule has 0 unspecified atom stereocenters. The van der Waals surface area contributed by atoms with Crippen molar-refractivity contribution in [3.8, 4) is 11.5 Å². The van der Waals surface area contributed by atoms with E-state index in [1.54, 1.807) is 0 Å². The molecule has 2 aliphatic heterocycles. The molecule has 2 N–H and O–H groups in total. The maximum Gasteiger partial charge on any atom is 0.307 e. The van der Waals surface area contributed by atoms with E-state index in [0.717, 1.165) is 34.7 Å². The third-order valence-corrected chi connectivity index (χ3v) is 5.36. The topological polar surface area (TPSA) is 72.6 Å². The highest BCUT2D eigenvalue weighted by molar-refractivity contribution is 5.85. The lowest BCUT2D eigenvalue weighted by molar-refractivity contribution is -0.141. The van der Waals surface area contributed by atoms with Gasteiger partial charge in [-0.3, -0.25) is 4.79 Å². The number of carbonyl (C=O) groups excluding carboxylic acids is 1. The maximum absolute atomic E-state index is 11.9. The van der Waals surface area contributed by atoms with Crippen molar-refractivity contribution in [2.24, 2.45) is 0 Å². The number of carbonyl (C=O) groups is 1. The van der Waals surface area contributed by atoms with E-state index in [2.05, 4.69) is 22.4 Å². The van der Waals surface area contributed by atoms with E-state index in [-0.39, 0.29) is 24.8 Å². The number of rotatable bonds is 3. The van der Waals surface area contributed by atoms with Gasteiger partial charge in [0.05, 0.1) is 19.6 Å². The molecule has 0 bridgehead atoms. The van der Waals surface area contributed by atoms with E-state index in [9.17, 15) is 4.79 Å². The zero-order valence-electron chi connectivity index (χ0n) is 15.0. The molecular weight excluding hydrogens is 344 g/mol. The van der Waals surface area contributed by atoms with Crippen molar-refractivity contribution < 1.29 is 19.0 Å². The van der Waals surface area contributed by atoms with Crippen LogP contribution in [0, 0.1) is 0 Å². The lowest BCUT2D eigenvalue weighted by atomic mass is 9.89. The summed E-state index contributed by atoms with van der Waals surface area (Å²) in [6.45, 7) is 0.249. The fourth-order valence-corrected chi connectivity index (χ4v) is 4.08. The molecule has 0 saturated carbocycles. The normalized spacial score (nSPS) is 20.5. The molecule has 0 aliphatic carbocycles. The van der Waals surface area contributed by atoms with Gasteiger partial charge in [0.2, 0.25) is 6.79 Å². The number of hydrogen-bond donors (Lipinski definition) is 2. The molecule has 0 spiro atoms. The van der Waals surface area contributed by atoms with Crippen molar-refractivity contribution in [2.75, 3.05) is 13.9 Å². The third kappa shape index (κ3) is 2.73. The van der Waals surface area contributed by atoms with Crippen LogP contribution in [0.4, 0.5) is 0 Å². The first-order valence-corrected chi connectivity index (χ1v) is 9.05. The first-order chi connectivity index (χ1) is 13.2. The Hall–Kier alpha value is -2.99. The van der Waals surface area contributed by atoms with Gasteiger partial charge < -0.3 is 24.5 Å². The molecule has 27 heavy (non-hydrogen) atoms. The molecule has 0 saturated heterocycles. The first kappa shape index (κ1) is 16.2. The second-order valence-corrected chi connectivity index (χ2v) is 6.96. The Morgan fingerprint density at radius 3 is 2.93 bits per heavy atom. The van der Waals surface area contributed by atoms with Crippen molar-refractivity contribution in [3.63, 3.8) is 0 Å². The summed E-state index contributed by atoms with van der Waals surface area (Å²) in [7, 11) is 1.43. The van der Waals surface area contributed by atoms with Crippen LogP contribution in [0.5, 0.6) is 11.5 Å². The molecule has 6 heteroatoms. The number of esters is 1. The minimum atomic E-state index is -0.208. The molecule has 1 aromatic heterocycles. The highest BCUT2D eigenvalue weighted by atomic mass is 16.7. The summed E-state index contributed by atoms with van der Waals surface area (Å²) in [5.74, 6) is 1.31. The van der Waals surface area contributed by atoms with Crippen molar-refractivity contribution in [1.82, 2.24) is 10.3 Å². The molecule has 0 amide bonds. The fourth-order valence-electron chi connectivity index (χ4n) is 4.08. The molecular formula is C21H20N2O4. The lowest BCUT2D eigenvalue weighted by Gasteiger charge is -2.31. The Morgan fingerprint density at radius 1 is 1.19 bits per heavy atom. The molecule has 2 aliphatic rings. The largest absolute Gasteiger partial charge is 0.469 e. The quantitative estimate of drug-likeness (QED) is 0.699. The van der Waals surface area contributed by atoms with Gasteiger partial charge in [-0.1, -0.05) is 24.3 Å². The average molecular weight is 364 g/mol. The summed E-state index contributed by atoms with van der Waals surface area (Å²) in [4.78, 5) is 15.5. The Bertz CT molecular complexity index is 1030. The average Bonchev–Trinajstić information content (AvgIpc) is 3.31. The zero-order valence-corrected chi connectivity index (χ0v) is 15.0. The molecule has 138 valence electrons. The van der Waals surface area contributed by atoms with Crippen molar-refractivity contribution in [1.29, 1.82) is 0 Å². The first-order valence-electron chi connectivity index (χ1n) is 9.05. The number of para-hydroxylation sites is 1. The molecule has 2 atom stereocenters. The maximum atomic E-state index is 11.9. The number of aromatic amines is 1. The SMILES string of the molecule is COC(=O)C[C@H]1Cc2c([nH]c3ccccc23)[C@@H](c2ccc3c(c2)OCO3)N1. The van der Waals surface area contributed by atoms with Gasteiger partial charge in [-0.15, -0.1) is 0 Å². The molecule has 5 rings (SSSR count). The molecule has 6 nitrogen and oxygen atoms in total. The molecule has 0 radical (unpaired) electrons. The van der Waals surface area contributed by atoms with Crippen LogP contribution in [-0.4, -0.2) is 30.9 Å². The van der Waals surface area contributed by atoms with Crippen molar-refractivity contribution in [2.45, 2.75) is 24.9 Å².